The highest BCUT2D eigenvalue weighted by Crippen LogP contribution is 2.36. The van der Waals surface area contributed by atoms with Crippen LogP contribution in [0.25, 0.3) is 22.0 Å². The first-order valence-corrected chi connectivity index (χ1v) is 13.2. The Hall–Kier alpha value is -3.95. The minimum Gasteiger partial charge on any atom is -0.495 e. The van der Waals surface area contributed by atoms with Gasteiger partial charge in [0.1, 0.15) is 5.75 Å². The van der Waals surface area contributed by atoms with Crippen molar-refractivity contribution in [3.8, 4) is 17.0 Å². The smallest absolute Gasteiger partial charge is 0.272 e. The normalized spacial score (nSPS) is 17.1. The van der Waals surface area contributed by atoms with Crippen molar-refractivity contribution < 1.29 is 19.1 Å². The van der Waals surface area contributed by atoms with Crippen molar-refractivity contribution in [2.45, 2.75) is 37.8 Å². The zero-order valence-electron chi connectivity index (χ0n) is 22.8. The topological polar surface area (TPSA) is 119 Å². The molecule has 4 rings (SSSR count). The summed E-state index contributed by atoms with van der Waals surface area (Å²) >= 11 is 0. The Labute approximate surface area is 229 Å². The Morgan fingerprint density at radius 1 is 1.13 bits per heavy atom. The molecule has 0 saturated heterocycles. The van der Waals surface area contributed by atoms with Gasteiger partial charge in [0.2, 0.25) is 5.91 Å². The summed E-state index contributed by atoms with van der Waals surface area (Å²) in [5.41, 5.74) is 8.64. The van der Waals surface area contributed by atoms with Gasteiger partial charge in [-0.25, -0.2) is 4.98 Å². The lowest BCUT2D eigenvalue weighted by Gasteiger charge is -2.34. The number of nitrogen functional groups attached to an aromatic ring is 1. The van der Waals surface area contributed by atoms with Gasteiger partial charge in [-0.15, -0.1) is 0 Å². The van der Waals surface area contributed by atoms with E-state index in [0.717, 1.165) is 48.6 Å². The van der Waals surface area contributed by atoms with Gasteiger partial charge in [0.25, 0.3) is 5.91 Å². The lowest BCUT2D eigenvalue weighted by Crippen LogP contribution is -2.43. The zero-order valence-corrected chi connectivity index (χ0v) is 22.8. The van der Waals surface area contributed by atoms with Crippen molar-refractivity contribution in [2.75, 3.05) is 45.5 Å². The molecule has 0 unspecified atom stereocenters. The van der Waals surface area contributed by atoms with Gasteiger partial charge in [-0.2, -0.15) is 0 Å². The number of hydrogen-bond donors (Lipinski definition) is 3. The summed E-state index contributed by atoms with van der Waals surface area (Å²) in [6, 6.07) is 13.6. The van der Waals surface area contributed by atoms with Crippen LogP contribution in [0.4, 0.5) is 11.4 Å². The van der Waals surface area contributed by atoms with Gasteiger partial charge in [-0.3, -0.25) is 9.59 Å². The predicted octanol–water partition coefficient (Wildman–Crippen LogP) is 4.24. The molecule has 1 saturated carbocycles. The number of amides is 2. The summed E-state index contributed by atoms with van der Waals surface area (Å²) in [5, 5.41) is 7.67. The minimum absolute atomic E-state index is 0.0820. The van der Waals surface area contributed by atoms with Gasteiger partial charge in [0.15, 0.2) is 5.69 Å². The van der Waals surface area contributed by atoms with Crippen LogP contribution in [0.5, 0.6) is 5.75 Å². The predicted molar refractivity (Wildman–Crippen MR) is 155 cm³/mol. The van der Waals surface area contributed by atoms with Crippen molar-refractivity contribution in [1.82, 2.24) is 15.2 Å². The quantitative estimate of drug-likeness (QED) is 0.335. The largest absolute Gasteiger partial charge is 0.495 e. The number of rotatable bonds is 10. The van der Waals surface area contributed by atoms with Gasteiger partial charge in [-0.1, -0.05) is 24.8 Å². The number of carbonyl (C=O) groups is 2. The van der Waals surface area contributed by atoms with E-state index >= 15 is 0 Å². The number of nitrogens with one attached hydrogen (secondary N) is 2. The molecule has 2 aromatic carbocycles. The summed E-state index contributed by atoms with van der Waals surface area (Å²) in [6.45, 7) is 5.15. The summed E-state index contributed by atoms with van der Waals surface area (Å²) in [6.07, 6.45) is 5.04. The van der Waals surface area contributed by atoms with E-state index in [4.69, 9.17) is 15.2 Å². The maximum absolute atomic E-state index is 13.2. The van der Waals surface area contributed by atoms with Crippen LogP contribution < -0.4 is 21.1 Å². The van der Waals surface area contributed by atoms with Gasteiger partial charge in [0.05, 0.1) is 30.8 Å². The number of fused-ring (bicyclic) bond motifs is 1. The molecular weight excluding hydrogens is 494 g/mol. The Balaban J connectivity index is 1.54. The summed E-state index contributed by atoms with van der Waals surface area (Å²) in [7, 11) is 5.39. The van der Waals surface area contributed by atoms with Crippen LogP contribution in [0.1, 0.15) is 36.2 Å². The van der Waals surface area contributed by atoms with E-state index in [1.54, 1.807) is 32.4 Å². The molecule has 2 amide bonds. The van der Waals surface area contributed by atoms with Crippen LogP contribution in [0.2, 0.25) is 0 Å². The molecule has 9 heteroatoms. The molecule has 1 fully saturated rings. The van der Waals surface area contributed by atoms with Crippen molar-refractivity contribution >= 4 is 34.0 Å². The van der Waals surface area contributed by atoms with Crippen LogP contribution in [-0.2, 0) is 9.53 Å². The van der Waals surface area contributed by atoms with Crippen LogP contribution >= 0.6 is 0 Å². The highest BCUT2D eigenvalue weighted by molar-refractivity contribution is 6.08. The number of carbonyl (C=O) groups excluding carboxylic acids is 2. The fraction of sp³-hybridized carbons (Fsp3) is 0.367. The first-order valence-electron chi connectivity index (χ1n) is 13.2. The lowest BCUT2D eigenvalue weighted by atomic mass is 9.90. The molecule has 1 heterocycles. The van der Waals surface area contributed by atoms with Gasteiger partial charge in [0, 0.05) is 36.7 Å². The average Bonchev–Trinajstić information content (AvgIpc) is 2.96. The van der Waals surface area contributed by atoms with Crippen LogP contribution in [0, 0.1) is 0 Å². The maximum Gasteiger partial charge on any atom is 0.272 e. The van der Waals surface area contributed by atoms with Crippen LogP contribution in [-0.4, -0.2) is 68.2 Å². The first kappa shape index (κ1) is 28.1. The van der Waals surface area contributed by atoms with E-state index < -0.39 is 0 Å². The molecule has 9 nitrogen and oxygen atoms in total. The van der Waals surface area contributed by atoms with Crippen molar-refractivity contribution in [3.63, 3.8) is 0 Å². The number of pyridine rings is 1. The van der Waals surface area contributed by atoms with E-state index in [9.17, 15) is 9.59 Å². The maximum atomic E-state index is 13.2. The van der Waals surface area contributed by atoms with E-state index in [1.807, 2.05) is 24.3 Å². The third kappa shape index (κ3) is 6.55. The molecule has 3 aromatic rings. The third-order valence-electron chi connectivity index (χ3n) is 7.38. The Kier molecular flexibility index (Phi) is 9.16. The average molecular weight is 532 g/mol. The van der Waals surface area contributed by atoms with Gasteiger partial charge in [-0.05, 0) is 68.5 Å². The number of methoxy groups -OCH3 is 2. The second kappa shape index (κ2) is 12.7. The minimum atomic E-state index is -0.341. The SMILES string of the molecule is C=CC(=O)Nc1c(OC)ccc2ccc(-c3ccc(N)c(C(=O)N[C@H]4CC[C@H](N(C)CCOC)CC4)n3)cc12. The van der Waals surface area contributed by atoms with E-state index in [0.29, 0.717) is 35.5 Å². The number of nitrogens with zero attached hydrogens (tertiary/aromatic N) is 2. The molecule has 0 aliphatic heterocycles. The molecule has 1 aliphatic carbocycles. The van der Waals surface area contributed by atoms with Crippen molar-refractivity contribution in [3.05, 3.63) is 60.8 Å². The number of benzene rings is 2. The molecule has 0 radical (unpaired) electrons. The number of aromatic nitrogens is 1. The highest BCUT2D eigenvalue weighted by atomic mass is 16.5. The molecule has 0 spiro atoms. The molecule has 0 bridgehead atoms. The molecule has 0 atom stereocenters. The summed E-state index contributed by atoms with van der Waals surface area (Å²) < 4.78 is 10.7. The van der Waals surface area contributed by atoms with Crippen LogP contribution in [0.3, 0.4) is 0 Å². The summed E-state index contributed by atoms with van der Waals surface area (Å²) in [5.74, 6) is -0.0850. The fourth-order valence-corrected chi connectivity index (χ4v) is 5.08. The van der Waals surface area contributed by atoms with Crippen molar-refractivity contribution in [2.24, 2.45) is 0 Å². The van der Waals surface area contributed by atoms with Crippen LogP contribution in [0.15, 0.2) is 55.1 Å². The van der Waals surface area contributed by atoms with E-state index in [-0.39, 0.29) is 23.6 Å². The Bertz CT molecular complexity index is 1350. The highest BCUT2D eigenvalue weighted by Gasteiger charge is 2.26. The van der Waals surface area contributed by atoms with Crippen molar-refractivity contribution in [1.29, 1.82) is 0 Å². The fourth-order valence-electron chi connectivity index (χ4n) is 5.08. The third-order valence-corrected chi connectivity index (χ3v) is 7.38. The van der Waals surface area contributed by atoms with Gasteiger partial charge < -0.3 is 30.7 Å². The number of anilines is 2. The molecule has 1 aromatic heterocycles. The molecule has 206 valence electrons. The standard InChI is InChI=1S/C30H37N5O4/c1-5-27(36)34-28-23-18-20(7-6-19(23)8-15-26(28)39-4)25-14-13-24(31)29(33-25)30(37)32-21-9-11-22(12-10-21)35(2)16-17-38-3/h5-8,13-15,18,21-22H,1,9-12,16-17,31H2,2-4H3,(H,32,37)(H,34,36)/t21-,22-. The second-order valence-electron chi connectivity index (χ2n) is 9.86. The number of ether oxygens (including phenoxy) is 2. The van der Waals surface area contributed by atoms with E-state index in [1.165, 1.54) is 6.08 Å². The summed E-state index contributed by atoms with van der Waals surface area (Å²) in [4.78, 5) is 32.3. The molecule has 39 heavy (non-hydrogen) atoms. The molecule has 1 aliphatic rings. The number of hydrogen-bond acceptors (Lipinski definition) is 7. The Morgan fingerprint density at radius 3 is 2.56 bits per heavy atom. The molecular formula is C30H37N5O4. The Morgan fingerprint density at radius 2 is 1.87 bits per heavy atom. The molecule has 4 N–H and O–H groups in total. The number of nitrogens with two attached hydrogens (primary N) is 1. The second-order valence-corrected chi connectivity index (χ2v) is 9.86. The lowest BCUT2D eigenvalue weighted by molar-refractivity contribution is -0.111. The first-order chi connectivity index (χ1) is 18.8. The van der Waals surface area contributed by atoms with E-state index in [2.05, 4.69) is 34.1 Å². The monoisotopic (exact) mass is 531 g/mol. The van der Waals surface area contributed by atoms with Gasteiger partial charge >= 0.3 is 0 Å². The zero-order chi connectivity index (χ0) is 27.9. The number of likely N-dealkylation sites (N-methyl/N-ethyl adjacent to an activating group) is 1.